The van der Waals surface area contributed by atoms with Gasteiger partial charge in [0.15, 0.2) is 0 Å². The highest BCUT2D eigenvalue weighted by molar-refractivity contribution is 5.96. The van der Waals surface area contributed by atoms with Crippen molar-refractivity contribution in [1.82, 2.24) is 36.6 Å². The molecule has 1 aromatic carbocycles. The normalized spacial score (nSPS) is 14.2. The molecule has 20 nitrogen and oxygen atoms in total. The van der Waals surface area contributed by atoms with Crippen LogP contribution in [0.1, 0.15) is 76.5 Å². The Morgan fingerprint density at radius 2 is 1.16 bits per heavy atom. The predicted molar refractivity (Wildman–Crippen MR) is 204 cm³/mol. The van der Waals surface area contributed by atoms with Crippen LogP contribution in [-0.4, -0.2) is 116 Å². The summed E-state index contributed by atoms with van der Waals surface area (Å²) in [5.41, 5.74) is 12.9. The number of carbonyl (C=O) groups excluding carboxylic acids is 5. The summed E-state index contributed by atoms with van der Waals surface area (Å²) in [4.78, 5) is 109. The number of carboxylic acid groups (broad SMARTS) is 3. The summed E-state index contributed by atoms with van der Waals surface area (Å²) >= 11 is 0. The number of aromatic nitrogens is 2. The van der Waals surface area contributed by atoms with Gasteiger partial charge in [-0.05, 0) is 63.0 Å². The first kappa shape index (κ1) is 47.3. The van der Waals surface area contributed by atoms with Gasteiger partial charge >= 0.3 is 17.9 Å². The van der Waals surface area contributed by atoms with Gasteiger partial charge in [-0.25, -0.2) is 9.78 Å². The SMILES string of the molecule is CC(C)C[C@H](NC(=O)[C@H](Cc1cnc[nH]1)NC(=O)[C@H](CCC(=O)O)NC(=O)[C@H](CCC(=O)O)NC(=O)[C@H](CCCCN)NC(=O)[C@@H](N)Cc1ccccc1)C(=O)O. The second-order valence-electron chi connectivity index (χ2n) is 14.0. The summed E-state index contributed by atoms with van der Waals surface area (Å²) in [7, 11) is 0. The number of hydrogen-bond acceptors (Lipinski definition) is 11. The number of imidazole rings is 1. The van der Waals surface area contributed by atoms with E-state index >= 15 is 0 Å². The van der Waals surface area contributed by atoms with E-state index in [-0.39, 0.29) is 31.6 Å². The molecule has 0 unspecified atom stereocenters. The lowest BCUT2D eigenvalue weighted by Gasteiger charge is -2.27. The van der Waals surface area contributed by atoms with E-state index < -0.39 is 109 Å². The summed E-state index contributed by atoms with van der Waals surface area (Å²) in [5, 5.41) is 40.8. The zero-order chi connectivity index (χ0) is 42.5. The first-order valence-corrected chi connectivity index (χ1v) is 18.7. The first-order valence-electron chi connectivity index (χ1n) is 18.7. The number of benzene rings is 1. The van der Waals surface area contributed by atoms with Gasteiger partial charge in [0.1, 0.15) is 30.2 Å². The highest BCUT2D eigenvalue weighted by Crippen LogP contribution is 2.10. The summed E-state index contributed by atoms with van der Waals surface area (Å²) in [6.45, 7) is 3.81. The Balaban J connectivity index is 2.33. The Labute approximate surface area is 329 Å². The van der Waals surface area contributed by atoms with Crippen LogP contribution in [0, 0.1) is 5.92 Å². The van der Waals surface area contributed by atoms with Crippen LogP contribution in [0.25, 0.3) is 0 Å². The lowest BCUT2D eigenvalue weighted by Crippen LogP contribution is -2.59. The van der Waals surface area contributed by atoms with Crippen molar-refractivity contribution in [1.29, 1.82) is 0 Å². The van der Waals surface area contributed by atoms with Crippen molar-refractivity contribution < 1.29 is 53.7 Å². The van der Waals surface area contributed by atoms with E-state index in [2.05, 4.69) is 36.6 Å². The molecule has 1 aromatic heterocycles. The van der Waals surface area contributed by atoms with Gasteiger partial charge in [0.05, 0.1) is 12.4 Å². The van der Waals surface area contributed by atoms with E-state index in [0.29, 0.717) is 25.1 Å². The van der Waals surface area contributed by atoms with Crippen molar-refractivity contribution >= 4 is 47.4 Å². The molecule has 0 bridgehead atoms. The molecule has 0 aliphatic carbocycles. The van der Waals surface area contributed by atoms with Crippen molar-refractivity contribution in [3.8, 4) is 0 Å². The van der Waals surface area contributed by atoms with E-state index in [1.54, 1.807) is 44.2 Å². The van der Waals surface area contributed by atoms with Crippen LogP contribution in [0.4, 0.5) is 0 Å². The molecule has 314 valence electrons. The number of nitrogens with one attached hydrogen (secondary N) is 6. The fraction of sp³-hybridized carbons (Fsp3) is 0.541. The van der Waals surface area contributed by atoms with E-state index in [9.17, 15) is 53.7 Å². The van der Waals surface area contributed by atoms with Crippen molar-refractivity contribution in [2.75, 3.05) is 6.54 Å². The molecule has 6 atom stereocenters. The van der Waals surface area contributed by atoms with Gasteiger partial charge in [0.2, 0.25) is 29.5 Å². The molecular formula is C37H55N9O11. The van der Waals surface area contributed by atoms with Gasteiger partial charge in [-0.1, -0.05) is 44.2 Å². The van der Waals surface area contributed by atoms with Gasteiger partial charge in [0, 0.05) is 31.2 Å². The molecule has 13 N–H and O–H groups in total. The molecule has 20 heteroatoms. The number of H-pyrrole nitrogens is 1. The maximum Gasteiger partial charge on any atom is 0.326 e. The molecule has 2 aromatic rings. The summed E-state index contributed by atoms with van der Waals surface area (Å²) in [6.07, 6.45) is 1.51. The average Bonchev–Trinajstić information content (AvgIpc) is 3.67. The van der Waals surface area contributed by atoms with Gasteiger partial charge in [-0.2, -0.15) is 0 Å². The zero-order valence-electron chi connectivity index (χ0n) is 32.1. The van der Waals surface area contributed by atoms with Gasteiger partial charge in [-0.15, -0.1) is 0 Å². The van der Waals surface area contributed by atoms with E-state index in [1.165, 1.54) is 12.5 Å². The largest absolute Gasteiger partial charge is 0.481 e. The van der Waals surface area contributed by atoms with Crippen LogP contribution >= 0.6 is 0 Å². The standard InChI is InChI=1S/C37H55N9O11/c1-21(2)16-29(37(56)57)46-36(55)28(18-23-19-40-20-41-23)45-35(54)27(12-14-31(49)50)44-34(53)26(11-13-30(47)48)43-33(52)25(10-6-7-15-38)42-32(51)24(39)17-22-8-4-3-5-9-22/h3-5,8-9,19-21,24-29H,6-7,10-18,38-39H2,1-2H3,(H,40,41)(H,42,51)(H,43,52)(H,44,53)(H,45,54)(H,46,55)(H,47,48)(H,49,50)(H,56,57)/t24-,25-,26-,27-,28-,29-/m0/s1. The summed E-state index contributed by atoms with van der Waals surface area (Å²) < 4.78 is 0. The Morgan fingerprint density at radius 1 is 0.667 bits per heavy atom. The number of rotatable bonds is 27. The van der Waals surface area contributed by atoms with Crippen LogP contribution in [0.15, 0.2) is 42.9 Å². The minimum absolute atomic E-state index is 0.0740. The predicted octanol–water partition coefficient (Wildman–Crippen LogP) is -1.06. The molecule has 0 fully saturated rings. The molecule has 0 saturated heterocycles. The van der Waals surface area contributed by atoms with Crippen LogP contribution in [-0.2, 0) is 51.2 Å². The van der Waals surface area contributed by atoms with E-state index in [1.807, 2.05) is 0 Å². The minimum Gasteiger partial charge on any atom is -0.481 e. The number of aliphatic carboxylic acids is 3. The molecular weight excluding hydrogens is 746 g/mol. The molecule has 0 radical (unpaired) electrons. The van der Waals surface area contributed by atoms with Gasteiger partial charge < -0.3 is 58.4 Å². The second kappa shape index (κ2) is 24.6. The number of unbranched alkanes of at least 4 members (excludes halogenated alkanes) is 1. The number of aromatic amines is 1. The number of hydrogen-bond donors (Lipinski definition) is 11. The van der Waals surface area contributed by atoms with Crippen molar-refractivity contribution in [2.24, 2.45) is 17.4 Å². The third-order valence-electron chi connectivity index (χ3n) is 8.71. The molecule has 1 heterocycles. The fourth-order valence-electron chi connectivity index (χ4n) is 5.68. The van der Waals surface area contributed by atoms with Crippen molar-refractivity contribution in [3.05, 3.63) is 54.1 Å². The van der Waals surface area contributed by atoms with Crippen LogP contribution in [0.3, 0.4) is 0 Å². The lowest BCUT2D eigenvalue weighted by molar-refractivity contribution is -0.143. The third-order valence-corrected chi connectivity index (χ3v) is 8.71. The summed E-state index contributed by atoms with van der Waals surface area (Å²) in [5.74, 6) is -8.54. The number of carboxylic acids is 3. The van der Waals surface area contributed by atoms with E-state index in [4.69, 9.17) is 11.5 Å². The van der Waals surface area contributed by atoms with Gasteiger partial charge in [-0.3, -0.25) is 33.6 Å². The molecule has 0 saturated carbocycles. The molecule has 2 rings (SSSR count). The molecule has 0 aliphatic heterocycles. The quantitative estimate of drug-likeness (QED) is 0.0480. The van der Waals surface area contributed by atoms with Crippen LogP contribution in [0.5, 0.6) is 0 Å². The maximum absolute atomic E-state index is 13.7. The Hall–Kier alpha value is -5.89. The van der Waals surface area contributed by atoms with Crippen molar-refractivity contribution in [3.63, 3.8) is 0 Å². The third kappa shape index (κ3) is 18.1. The highest BCUT2D eigenvalue weighted by Gasteiger charge is 2.34. The van der Waals surface area contributed by atoms with Crippen molar-refractivity contribution in [2.45, 2.75) is 114 Å². The maximum atomic E-state index is 13.7. The Kier molecular flexibility index (Phi) is 20.4. The Bertz CT molecular complexity index is 1640. The lowest BCUT2D eigenvalue weighted by atomic mass is 10.0. The fourth-order valence-corrected chi connectivity index (χ4v) is 5.68. The Morgan fingerprint density at radius 3 is 1.63 bits per heavy atom. The average molecular weight is 802 g/mol. The number of nitrogens with zero attached hydrogens (tertiary/aromatic N) is 1. The molecule has 57 heavy (non-hydrogen) atoms. The summed E-state index contributed by atoms with van der Waals surface area (Å²) in [6, 6.07) is 0.728. The number of nitrogens with two attached hydrogens (primary N) is 2. The minimum atomic E-state index is -1.63. The van der Waals surface area contributed by atoms with Gasteiger partial charge in [0.25, 0.3) is 0 Å². The molecule has 0 aliphatic rings. The first-order chi connectivity index (χ1) is 27.0. The topological polar surface area (TPSA) is 338 Å². The molecule has 5 amide bonds. The number of carbonyl (C=O) groups is 8. The monoisotopic (exact) mass is 801 g/mol. The number of amides is 5. The van der Waals surface area contributed by atoms with Crippen LogP contribution < -0.4 is 38.1 Å². The highest BCUT2D eigenvalue weighted by atomic mass is 16.4. The zero-order valence-corrected chi connectivity index (χ0v) is 32.1. The van der Waals surface area contributed by atoms with E-state index in [0.717, 1.165) is 5.56 Å². The second-order valence-corrected chi connectivity index (χ2v) is 14.0. The smallest absolute Gasteiger partial charge is 0.326 e. The van der Waals surface area contributed by atoms with Crippen LogP contribution in [0.2, 0.25) is 0 Å². The molecule has 0 spiro atoms.